The number of aryl methyl sites for hydroxylation is 1. The van der Waals surface area contributed by atoms with Crippen LogP contribution in [0.15, 0.2) is 24.3 Å². The Balaban J connectivity index is 1.35. The highest BCUT2D eigenvalue weighted by Crippen LogP contribution is 2.48. The van der Waals surface area contributed by atoms with Gasteiger partial charge in [0.1, 0.15) is 0 Å². The molecule has 2 saturated carbocycles. The molecule has 4 rings (SSSR count). The number of hydrogen-bond donors (Lipinski definition) is 2. The lowest BCUT2D eigenvalue weighted by molar-refractivity contribution is -0.122. The number of para-hydroxylation sites is 1. The van der Waals surface area contributed by atoms with Crippen molar-refractivity contribution in [2.24, 2.45) is 17.8 Å². The summed E-state index contributed by atoms with van der Waals surface area (Å²) in [5, 5.41) is 13.8. The number of aliphatic hydroxyl groups is 1. The van der Waals surface area contributed by atoms with Gasteiger partial charge in [-0.2, -0.15) is 0 Å². The molecular weight excluding hydrogens is 308 g/mol. The van der Waals surface area contributed by atoms with Gasteiger partial charge in [-0.25, -0.2) is 4.98 Å². The number of aromatic nitrogens is 1. The summed E-state index contributed by atoms with van der Waals surface area (Å²) in [5.74, 6) is 1.54. The topological polar surface area (TPSA) is 62.2 Å². The van der Waals surface area contributed by atoms with Gasteiger partial charge in [0.05, 0.1) is 15.2 Å². The Labute approximate surface area is 139 Å². The quantitative estimate of drug-likeness (QED) is 0.886. The third-order valence-electron chi connectivity index (χ3n) is 5.53. The molecule has 23 heavy (non-hydrogen) atoms. The first-order chi connectivity index (χ1) is 11.2. The fourth-order valence-corrected chi connectivity index (χ4v) is 5.37. The molecule has 4 atom stereocenters. The van der Waals surface area contributed by atoms with Gasteiger partial charge in [-0.15, -0.1) is 11.3 Å². The Morgan fingerprint density at radius 1 is 1.30 bits per heavy atom. The highest BCUT2D eigenvalue weighted by Gasteiger charge is 2.47. The zero-order valence-corrected chi connectivity index (χ0v) is 13.9. The van der Waals surface area contributed by atoms with Crippen LogP contribution in [0.1, 0.15) is 30.7 Å². The Morgan fingerprint density at radius 3 is 2.96 bits per heavy atom. The van der Waals surface area contributed by atoms with Crippen LogP contribution in [0.5, 0.6) is 0 Å². The fourth-order valence-electron chi connectivity index (χ4n) is 4.40. The van der Waals surface area contributed by atoms with E-state index in [1.54, 1.807) is 11.3 Å². The third-order valence-corrected chi connectivity index (χ3v) is 6.63. The molecule has 2 fully saturated rings. The second kappa shape index (κ2) is 6.21. The number of aliphatic hydroxyl groups excluding tert-OH is 1. The maximum Gasteiger partial charge on any atom is 0.220 e. The van der Waals surface area contributed by atoms with E-state index in [1.165, 1.54) is 24.0 Å². The van der Waals surface area contributed by atoms with Crippen molar-refractivity contribution in [2.45, 2.75) is 38.1 Å². The molecule has 0 spiro atoms. The molecule has 2 N–H and O–H groups in total. The normalized spacial score (nSPS) is 29.3. The van der Waals surface area contributed by atoms with E-state index in [0.29, 0.717) is 24.7 Å². The Morgan fingerprint density at radius 2 is 2.13 bits per heavy atom. The van der Waals surface area contributed by atoms with Crippen LogP contribution >= 0.6 is 11.3 Å². The highest BCUT2D eigenvalue weighted by atomic mass is 32.1. The molecule has 2 bridgehead atoms. The van der Waals surface area contributed by atoms with Crippen molar-refractivity contribution < 1.29 is 9.90 Å². The summed E-state index contributed by atoms with van der Waals surface area (Å²) >= 11 is 1.67. The molecule has 1 heterocycles. The van der Waals surface area contributed by atoms with Crippen molar-refractivity contribution in [1.29, 1.82) is 0 Å². The molecule has 0 radical (unpaired) electrons. The molecule has 4 unspecified atom stereocenters. The van der Waals surface area contributed by atoms with Crippen molar-refractivity contribution in [2.75, 3.05) is 6.61 Å². The van der Waals surface area contributed by atoms with E-state index in [4.69, 9.17) is 0 Å². The summed E-state index contributed by atoms with van der Waals surface area (Å²) in [7, 11) is 0. The predicted molar refractivity (Wildman–Crippen MR) is 91.3 cm³/mol. The SMILES string of the molecule is O=C(CCc1nc2ccccc2s1)NC1C2CCC(C2)C1CO. The minimum Gasteiger partial charge on any atom is -0.396 e. The summed E-state index contributed by atoms with van der Waals surface area (Å²) < 4.78 is 1.18. The van der Waals surface area contributed by atoms with Crippen LogP contribution in [0.25, 0.3) is 10.2 Å². The Kier molecular flexibility index (Phi) is 4.07. The number of fused-ring (bicyclic) bond motifs is 3. The smallest absolute Gasteiger partial charge is 0.220 e. The molecule has 2 aliphatic rings. The lowest BCUT2D eigenvalue weighted by Gasteiger charge is -2.30. The Bertz CT molecular complexity index is 681. The van der Waals surface area contributed by atoms with Gasteiger partial charge >= 0.3 is 0 Å². The maximum absolute atomic E-state index is 12.3. The van der Waals surface area contributed by atoms with Crippen LogP contribution in [-0.4, -0.2) is 28.6 Å². The number of carbonyl (C=O) groups excluding carboxylic acids is 1. The minimum absolute atomic E-state index is 0.0975. The van der Waals surface area contributed by atoms with Gasteiger partial charge in [0.25, 0.3) is 0 Å². The Hall–Kier alpha value is -1.46. The van der Waals surface area contributed by atoms with Gasteiger partial charge in [-0.05, 0) is 43.2 Å². The number of nitrogens with one attached hydrogen (secondary N) is 1. The second-order valence-electron chi connectivity index (χ2n) is 6.85. The average molecular weight is 330 g/mol. The number of benzene rings is 1. The molecule has 0 saturated heterocycles. The molecule has 0 aliphatic heterocycles. The van der Waals surface area contributed by atoms with Gasteiger partial charge < -0.3 is 10.4 Å². The van der Waals surface area contributed by atoms with Crippen LogP contribution in [0.3, 0.4) is 0 Å². The minimum atomic E-state index is 0.0975. The lowest BCUT2D eigenvalue weighted by Crippen LogP contribution is -2.45. The van der Waals surface area contributed by atoms with Crippen LogP contribution in [0.2, 0.25) is 0 Å². The van der Waals surface area contributed by atoms with E-state index >= 15 is 0 Å². The first-order valence-electron chi connectivity index (χ1n) is 8.49. The number of thiazole rings is 1. The molecular formula is C18H22N2O2S. The number of hydrogen-bond acceptors (Lipinski definition) is 4. The van der Waals surface area contributed by atoms with Crippen molar-refractivity contribution in [3.63, 3.8) is 0 Å². The monoisotopic (exact) mass is 330 g/mol. The summed E-state index contributed by atoms with van der Waals surface area (Å²) in [6, 6.07) is 8.26. The van der Waals surface area contributed by atoms with E-state index < -0.39 is 0 Å². The zero-order valence-electron chi connectivity index (χ0n) is 13.1. The van der Waals surface area contributed by atoms with Crippen molar-refractivity contribution in [3.8, 4) is 0 Å². The number of carbonyl (C=O) groups is 1. The van der Waals surface area contributed by atoms with Crippen molar-refractivity contribution >= 4 is 27.5 Å². The first kappa shape index (κ1) is 15.1. The van der Waals surface area contributed by atoms with Gasteiger partial charge in [0, 0.05) is 31.4 Å². The van der Waals surface area contributed by atoms with Crippen LogP contribution in [0, 0.1) is 17.8 Å². The summed E-state index contributed by atoms with van der Waals surface area (Å²) in [6.07, 6.45) is 4.76. The molecule has 2 aromatic rings. The molecule has 1 aromatic carbocycles. The second-order valence-corrected chi connectivity index (χ2v) is 7.96. The molecule has 122 valence electrons. The first-order valence-corrected chi connectivity index (χ1v) is 9.31. The average Bonchev–Trinajstić information content (AvgIpc) is 3.26. The largest absolute Gasteiger partial charge is 0.396 e. The number of amides is 1. The zero-order chi connectivity index (χ0) is 15.8. The third kappa shape index (κ3) is 2.88. The van der Waals surface area contributed by atoms with E-state index in [-0.39, 0.29) is 24.5 Å². The van der Waals surface area contributed by atoms with Crippen molar-refractivity contribution in [1.82, 2.24) is 10.3 Å². The van der Waals surface area contributed by atoms with Crippen LogP contribution < -0.4 is 5.32 Å². The predicted octanol–water partition coefficient (Wildman–Crippen LogP) is 2.75. The van der Waals surface area contributed by atoms with Crippen LogP contribution in [-0.2, 0) is 11.2 Å². The van der Waals surface area contributed by atoms with E-state index in [2.05, 4.69) is 16.4 Å². The summed E-state index contributed by atoms with van der Waals surface area (Å²) in [6.45, 7) is 0.198. The molecule has 1 aromatic heterocycles. The van der Waals surface area contributed by atoms with Gasteiger partial charge in [-0.1, -0.05) is 12.1 Å². The molecule has 5 heteroatoms. The molecule has 1 amide bonds. The van der Waals surface area contributed by atoms with E-state index in [1.807, 2.05) is 18.2 Å². The maximum atomic E-state index is 12.3. The molecule has 4 nitrogen and oxygen atoms in total. The highest BCUT2D eigenvalue weighted by molar-refractivity contribution is 7.18. The summed E-state index contributed by atoms with van der Waals surface area (Å²) in [4.78, 5) is 16.9. The fraction of sp³-hybridized carbons (Fsp3) is 0.556. The lowest BCUT2D eigenvalue weighted by atomic mass is 9.85. The van der Waals surface area contributed by atoms with Crippen LogP contribution in [0.4, 0.5) is 0 Å². The van der Waals surface area contributed by atoms with E-state index in [9.17, 15) is 9.90 Å². The number of rotatable bonds is 5. The number of nitrogens with zero attached hydrogens (tertiary/aromatic N) is 1. The van der Waals surface area contributed by atoms with Gasteiger partial charge in [0.15, 0.2) is 0 Å². The summed E-state index contributed by atoms with van der Waals surface area (Å²) in [5.41, 5.74) is 1.02. The van der Waals surface area contributed by atoms with Crippen molar-refractivity contribution in [3.05, 3.63) is 29.3 Å². The van der Waals surface area contributed by atoms with Gasteiger partial charge in [-0.3, -0.25) is 4.79 Å². The molecule has 2 aliphatic carbocycles. The standard InChI is InChI=1S/C18H22N2O2S/c21-10-13-11-5-6-12(9-11)18(13)20-16(22)7-8-17-19-14-3-1-2-4-15(14)23-17/h1-4,11-13,18,21H,5-10H2,(H,20,22). The van der Waals surface area contributed by atoms with E-state index in [0.717, 1.165) is 10.5 Å². The van der Waals surface area contributed by atoms with Gasteiger partial charge in [0.2, 0.25) is 5.91 Å².